The zero-order valence-electron chi connectivity index (χ0n) is 11.5. The lowest BCUT2D eigenvalue weighted by atomic mass is 10.1. The zero-order chi connectivity index (χ0) is 15.4. The number of benzene rings is 1. The van der Waals surface area contributed by atoms with Gasteiger partial charge in [0.05, 0.1) is 11.4 Å². The normalized spacial score (nSPS) is 16.0. The second-order valence-corrected chi connectivity index (χ2v) is 5.56. The molecule has 1 saturated heterocycles. The van der Waals surface area contributed by atoms with Crippen molar-refractivity contribution in [3.63, 3.8) is 0 Å². The van der Waals surface area contributed by atoms with Gasteiger partial charge in [0, 0.05) is 38.8 Å². The van der Waals surface area contributed by atoms with Crippen LogP contribution in [0.2, 0.25) is 0 Å². The van der Waals surface area contributed by atoms with E-state index in [1.165, 1.54) is 6.07 Å². The molecule has 0 saturated carbocycles. The van der Waals surface area contributed by atoms with Gasteiger partial charge in [-0.1, -0.05) is 18.3 Å². The first kappa shape index (κ1) is 15.8. The standard InChI is InChI=1S/C14H17F2N3OS/c15-11-2-1-10(12(16)8-11)7-14(20)19-5-3-18(4-6-19)9-13(17)21/h1-2,8H,3-7,9H2,(H2,17,21). The van der Waals surface area contributed by atoms with Crippen LogP contribution in [0.4, 0.5) is 8.78 Å². The van der Waals surface area contributed by atoms with Gasteiger partial charge < -0.3 is 10.6 Å². The van der Waals surface area contributed by atoms with E-state index in [0.29, 0.717) is 37.7 Å². The highest BCUT2D eigenvalue weighted by atomic mass is 32.1. The lowest BCUT2D eigenvalue weighted by Crippen LogP contribution is -2.50. The van der Waals surface area contributed by atoms with Gasteiger partial charge in [-0.15, -0.1) is 0 Å². The molecular weight excluding hydrogens is 296 g/mol. The molecule has 0 bridgehead atoms. The molecule has 7 heteroatoms. The van der Waals surface area contributed by atoms with E-state index in [0.717, 1.165) is 12.1 Å². The van der Waals surface area contributed by atoms with E-state index >= 15 is 0 Å². The van der Waals surface area contributed by atoms with Crippen LogP contribution in [0.15, 0.2) is 18.2 Å². The van der Waals surface area contributed by atoms with Crippen LogP contribution >= 0.6 is 12.2 Å². The Morgan fingerprint density at radius 2 is 1.90 bits per heavy atom. The molecule has 2 N–H and O–H groups in total. The van der Waals surface area contributed by atoms with Crippen LogP contribution in [0.5, 0.6) is 0 Å². The second kappa shape index (κ2) is 6.91. The molecule has 2 rings (SSSR count). The Hall–Kier alpha value is -1.60. The summed E-state index contributed by atoms with van der Waals surface area (Å²) in [6.45, 7) is 3.04. The van der Waals surface area contributed by atoms with Crippen LogP contribution in [0, 0.1) is 11.6 Å². The van der Waals surface area contributed by atoms with E-state index < -0.39 is 11.6 Å². The van der Waals surface area contributed by atoms with Crippen LogP contribution in [0.25, 0.3) is 0 Å². The Labute approximate surface area is 127 Å². The van der Waals surface area contributed by atoms with Crippen LogP contribution in [0.1, 0.15) is 5.56 Å². The summed E-state index contributed by atoms with van der Waals surface area (Å²) in [6.07, 6.45) is -0.0542. The molecule has 0 unspecified atom stereocenters. The average Bonchev–Trinajstić information content (AvgIpc) is 2.42. The molecule has 1 heterocycles. The fraction of sp³-hybridized carbons (Fsp3) is 0.429. The van der Waals surface area contributed by atoms with Gasteiger partial charge in [-0.3, -0.25) is 9.69 Å². The van der Waals surface area contributed by atoms with Gasteiger partial charge >= 0.3 is 0 Å². The van der Waals surface area contributed by atoms with Gasteiger partial charge in [0.25, 0.3) is 0 Å². The first-order valence-electron chi connectivity index (χ1n) is 6.68. The van der Waals surface area contributed by atoms with Crippen molar-refractivity contribution >= 4 is 23.1 Å². The number of hydrogen-bond acceptors (Lipinski definition) is 3. The van der Waals surface area contributed by atoms with Crippen LogP contribution in [0.3, 0.4) is 0 Å². The van der Waals surface area contributed by atoms with Crippen LogP contribution in [-0.4, -0.2) is 53.4 Å². The fourth-order valence-electron chi connectivity index (χ4n) is 2.32. The minimum atomic E-state index is -0.685. The van der Waals surface area contributed by atoms with E-state index in [-0.39, 0.29) is 17.9 Å². The number of nitrogens with two attached hydrogens (primary N) is 1. The molecule has 0 aromatic heterocycles. The van der Waals surface area contributed by atoms with Gasteiger partial charge in [-0.05, 0) is 11.6 Å². The third-order valence-electron chi connectivity index (χ3n) is 3.46. The molecule has 0 radical (unpaired) electrons. The maximum absolute atomic E-state index is 13.5. The molecule has 21 heavy (non-hydrogen) atoms. The molecule has 0 spiro atoms. The maximum atomic E-state index is 13.5. The highest BCUT2D eigenvalue weighted by Gasteiger charge is 2.22. The number of amides is 1. The van der Waals surface area contributed by atoms with Crippen LogP contribution in [-0.2, 0) is 11.2 Å². The average molecular weight is 313 g/mol. The second-order valence-electron chi connectivity index (χ2n) is 5.04. The van der Waals surface area contributed by atoms with E-state index in [4.69, 9.17) is 18.0 Å². The third kappa shape index (κ3) is 4.44. The first-order chi connectivity index (χ1) is 9.95. The number of rotatable bonds is 4. The number of carbonyl (C=O) groups is 1. The van der Waals surface area contributed by atoms with Gasteiger partial charge in [0.15, 0.2) is 0 Å². The number of nitrogens with zero attached hydrogens (tertiary/aromatic N) is 2. The van der Waals surface area contributed by atoms with Crippen molar-refractivity contribution in [2.24, 2.45) is 5.73 Å². The predicted octanol–water partition coefficient (Wildman–Crippen LogP) is 0.938. The minimum Gasteiger partial charge on any atom is -0.392 e. The summed E-state index contributed by atoms with van der Waals surface area (Å²) in [5, 5.41) is 0. The number of halogens is 2. The molecule has 1 fully saturated rings. The molecule has 4 nitrogen and oxygen atoms in total. The Kier molecular flexibility index (Phi) is 5.19. The number of piperazine rings is 1. The number of thiocarbonyl (C=S) groups is 1. The SMILES string of the molecule is NC(=S)CN1CCN(C(=O)Cc2ccc(F)cc2F)CC1. The van der Waals surface area contributed by atoms with E-state index in [1.54, 1.807) is 4.90 Å². The van der Waals surface area contributed by atoms with Crippen molar-refractivity contribution in [3.05, 3.63) is 35.4 Å². The monoisotopic (exact) mass is 313 g/mol. The topological polar surface area (TPSA) is 49.6 Å². The summed E-state index contributed by atoms with van der Waals surface area (Å²) >= 11 is 4.85. The zero-order valence-corrected chi connectivity index (χ0v) is 12.3. The molecule has 0 atom stereocenters. The Balaban J connectivity index is 1.89. The highest BCUT2D eigenvalue weighted by molar-refractivity contribution is 7.80. The van der Waals surface area contributed by atoms with Crippen molar-refractivity contribution in [2.75, 3.05) is 32.7 Å². The Morgan fingerprint density at radius 3 is 2.48 bits per heavy atom. The van der Waals surface area contributed by atoms with Crippen molar-refractivity contribution in [3.8, 4) is 0 Å². The summed E-state index contributed by atoms with van der Waals surface area (Å²) in [5.41, 5.74) is 5.70. The Morgan fingerprint density at radius 1 is 1.24 bits per heavy atom. The minimum absolute atomic E-state index is 0.0542. The molecular formula is C14H17F2N3OS. The number of carbonyl (C=O) groups excluding carboxylic acids is 1. The quantitative estimate of drug-likeness (QED) is 0.841. The summed E-state index contributed by atoms with van der Waals surface area (Å²) in [5.74, 6) is -1.49. The summed E-state index contributed by atoms with van der Waals surface area (Å²) in [6, 6.07) is 3.26. The van der Waals surface area contributed by atoms with Crippen molar-refractivity contribution in [1.29, 1.82) is 0 Å². The highest BCUT2D eigenvalue weighted by Crippen LogP contribution is 2.12. The molecule has 114 valence electrons. The first-order valence-corrected chi connectivity index (χ1v) is 7.09. The summed E-state index contributed by atoms with van der Waals surface area (Å²) in [7, 11) is 0. The molecule has 1 amide bonds. The lowest BCUT2D eigenvalue weighted by Gasteiger charge is -2.34. The fourth-order valence-corrected chi connectivity index (χ4v) is 2.50. The maximum Gasteiger partial charge on any atom is 0.227 e. The third-order valence-corrected chi connectivity index (χ3v) is 3.59. The van der Waals surface area contributed by atoms with Crippen LogP contribution < -0.4 is 5.73 Å². The summed E-state index contributed by atoms with van der Waals surface area (Å²) in [4.78, 5) is 16.3. The van der Waals surface area contributed by atoms with Crippen molar-refractivity contribution in [1.82, 2.24) is 9.80 Å². The van der Waals surface area contributed by atoms with Crippen molar-refractivity contribution in [2.45, 2.75) is 6.42 Å². The lowest BCUT2D eigenvalue weighted by molar-refractivity contribution is -0.132. The van der Waals surface area contributed by atoms with E-state index in [9.17, 15) is 13.6 Å². The largest absolute Gasteiger partial charge is 0.392 e. The van der Waals surface area contributed by atoms with E-state index in [2.05, 4.69) is 4.90 Å². The van der Waals surface area contributed by atoms with Crippen molar-refractivity contribution < 1.29 is 13.6 Å². The van der Waals surface area contributed by atoms with Gasteiger partial charge in [-0.2, -0.15) is 0 Å². The van der Waals surface area contributed by atoms with Gasteiger partial charge in [0.1, 0.15) is 11.6 Å². The Bertz CT molecular complexity index is 545. The molecule has 1 aromatic rings. The van der Waals surface area contributed by atoms with Gasteiger partial charge in [-0.25, -0.2) is 8.78 Å². The molecule has 1 aromatic carbocycles. The molecule has 0 aliphatic carbocycles. The predicted molar refractivity (Wildman–Crippen MR) is 79.9 cm³/mol. The molecule has 1 aliphatic heterocycles. The number of hydrogen-bond donors (Lipinski definition) is 1. The van der Waals surface area contributed by atoms with Gasteiger partial charge in [0.2, 0.25) is 5.91 Å². The smallest absolute Gasteiger partial charge is 0.227 e. The molecule has 1 aliphatic rings. The summed E-state index contributed by atoms with van der Waals surface area (Å²) < 4.78 is 26.4. The van der Waals surface area contributed by atoms with E-state index in [1.807, 2.05) is 0 Å².